The largest absolute Gasteiger partial charge is 0.480 e. The van der Waals surface area contributed by atoms with Crippen LogP contribution in [0.3, 0.4) is 0 Å². The van der Waals surface area contributed by atoms with Crippen molar-refractivity contribution in [3.05, 3.63) is 87.8 Å². The van der Waals surface area contributed by atoms with Gasteiger partial charge < -0.3 is 45.9 Å². The van der Waals surface area contributed by atoms with Gasteiger partial charge in [-0.2, -0.15) is 4.39 Å². The number of rotatable bonds is 22. The van der Waals surface area contributed by atoms with E-state index < -0.39 is 41.4 Å². The molecule has 0 spiro atoms. The van der Waals surface area contributed by atoms with Crippen molar-refractivity contribution in [1.29, 1.82) is 0 Å². The minimum absolute atomic E-state index is 0.0531. The Hall–Kier alpha value is -5.22. The number of pyridine rings is 1. The number of carbonyl (C=O) groups excluding carboxylic acids is 3. The van der Waals surface area contributed by atoms with Crippen molar-refractivity contribution >= 4 is 39.9 Å². The van der Waals surface area contributed by atoms with Gasteiger partial charge in [0.25, 0.3) is 5.91 Å². The van der Waals surface area contributed by atoms with Crippen molar-refractivity contribution in [1.82, 2.24) is 35.7 Å². The zero-order valence-electron chi connectivity index (χ0n) is 39.5. The molecule has 2 aromatic heterocycles. The van der Waals surface area contributed by atoms with Gasteiger partial charge in [-0.25, -0.2) is 13.8 Å². The molecule has 374 valence electrons. The molecule has 20 heteroatoms. The van der Waals surface area contributed by atoms with E-state index in [1.165, 1.54) is 29.5 Å². The summed E-state index contributed by atoms with van der Waals surface area (Å²) in [5, 5.41) is 33.8. The van der Waals surface area contributed by atoms with E-state index in [4.69, 9.17) is 19.6 Å². The first-order chi connectivity index (χ1) is 33.2. The van der Waals surface area contributed by atoms with Gasteiger partial charge in [-0.1, -0.05) is 38.8 Å². The second-order valence-electron chi connectivity index (χ2n) is 18.5. The predicted octanol–water partition coefficient (Wildman–Crippen LogP) is 3.97. The van der Waals surface area contributed by atoms with Crippen LogP contribution < -0.4 is 30.9 Å². The van der Waals surface area contributed by atoms with Gasteiger partial charge in [-0.3, -0.25) is 29.2 Å². The van der Waals surface area contributed by atoms with E-state index >= 15 is 0 Å². The van der Waals surface area contributed by atoms with E-state index in [1.807, 2.05) is 24.8 Å². The second-order valence-corrected chi connectivity index (χ2v) is 19.4. The van der Waals surface area contributed by atoms with E-state index in [0.717, 1.165) is 47.8 Å². The van der Waals surface area contributed by atoms with Crippen molar-refractivity contribution < 1.29 is 47.2 Å². The quantitative estimate of drug-likeness (QED) is 0.0621. The highest BCUT2D eigenvalue weighted by Crippen LogP contribution is 2.41. The van der Waals surface area contributed by atoms with Crippen LogP contribution in [-0.4, -0.2) is 151 Å². The fraction of sp³-hybridized carbons (Fsp3) is 0.531. The number of carbonyl (C=O) groups is 3. The van der Waals surface area contributed by atoms with Gasteiger partial charge in [0.15, 0.2) is 23.3 Å². The van der Waals surface area contributed by atoms with Crippen LogP contribution in [0.1, 0.15) is 69.0 Å². The van der Waals surface area contributed by atoms with Crippen LogP contribution in [-0.2, 0) is 37.6 Å². The smallest absolute Gasteiger partial charge is 0.257 e. The van der Waals surface area contributed by atoms with E-state index in [1.54, 1.807) is 17.5 Å². The van der Waals surface area contributed by atoms with Crippen molar-refractivity contribution in [3.8, 4) is 17.0 Å². The molecule has 5 heterocycles. The van der Waals surface area contributed by atoms with Crippen LogP contribution in [0.5, 0.6) is 5.75 Å². The summed E-state index contributed by atoms with van der Waals surface area (Å²) in [5.41, 5.74) is 3.77. The number of benzene rings is 2. The fourth-order valence-corrected chi connectivity index (χ4v) is 9.81. The third kappa shape index (κ3) is 13.4. The molecule has 2 fully saturated rings. The Morgan fingerprint density at radius 3 is 2.51 bits per heavy atom. The Balaban J connectivity index is 0.854. The highest BCUT2D eigenvalue weighted by molar-refractivity contribution is 7.14. The number of aliphatic hydroxyl groups is 2. The first-order valence-electron chi connectivity index (χ1n) is 23.7. The molecule has 2 saturated heterocycles. The summed E-state index contributed by atoms with van der Waals surface area (Å²) < 4.78 is 53.9. The summed E-state index contributed by atoms with van der Waals surface area (Å²) in [6.07, 6.45) is 3.42. The molecule has 0 bridgehead atoms. The highest BCUT2D eigenvalue weighted by atomic mass is 32.1. The minimum Gasteiger partial charge on any atom is -0.480 e. The monoisotopic (exact) mass is 979 g/mol. The molecule has 2 aromatic carbocycles. The number of nitrogens with one attached hydrogen (secondary N) is 4. The lowest BCUT2D eigenvalue weighted by molar-refractivity contribution is -0.134. The van der Waals surface area contributed by atoms with Crippen molar-refractivity contribution in [2.75, 3.05) is 95.5 Å². The number of amides is 3. The second kappa shape index (κ2) is 24.1. The van der Waals surface area contributed by atoms with Crippen LogP contribution >= 0.6 is 11.3 Å². The molecule has 0 saturated carbocycles. The number of nitrogens with zero attached hydrogens (tertiary/aromatic N) is 5. The van der Waals surface area contributed by atoms with E-state index in [2.05, 4.69) is 43.0 Å². The number of anilines is 2. The van der Waals surface area contributed by atoms with Crippen molar-refractivity contribution in [3.63, 3.8) is 0 Å². The first kappa shape index (κ1) is 51.6. The molecule has 3 aliphatic heterocycles. The molecule has 4 aromatic rings. The number of ether oxygens (including phenoxy) is 2. The summed E-state index contributed by atoms with van der Waals surface area (Å²) in [7, 11) is 0. The number of fused-ring (bicyclic) bond motifs is 1. The van der Waals surface area contributed by atoms with Gasteiger partial charge in [0, 0.05) is 80.8 Å². The summed E-state index contributed by atoms with van der Waals surface area (Å²) in [5.74, 6) is -3.73. The summed E-state index contributed by atoms with van der Waals surface area (Å²) in [4.78, 5) is 55.9. The normalized spacial score (nSPS) is 19.3. The van der Waals surface area contributed by atoms with Crippen molar-refractivity contribution in [2.45, 2.75) is 83.0 Å². The number of unbranched alkanes of at least 4 members (excludes halogenated alkanes) is 3. The summed E-state index contributed by atoms with van der Waals surface area (Å²) in [6.45, 7) is 10.2. The number of piperazine rings is 1. The van der Waals surface area contributed by atoms with Gasteiger partial charge in [0.1, 0.15) is 11.9 Å². The molecule has 6 N–H and O–H groups in total. The average Bonchev–Trinajstić information content (AvgIpc) is 3.91. The van der Waals surface area contributed by atoms with E-state index in [0.29, 0.717) is 81.8 Å². The lowest BCUT2D eigenvalue weighted by atomic mass is 9.90. The Kier molecular flexibility index (Phi) is 18.0. The molecule has 7 rings (SSSR count). The summed E-state index contributed by atoms with van der Waals surface area (Å²) in [6, 6.07) is 10.1. The lowest BCUT2D eigenvalue weighted by Crippen LogP contribution is -2.63. The van der Waals surface area contributed by atoms with Crippen molar-refractivity contribution in [2.24, 2.45) is 0 Å². The van der Waals surface area contributed by atoms with Gasteiger partial charge in [-0.05, 0) is 67.6 Å². The number of thiazole rings is 1. The van der Waals surface area contributed by atoms with Crippen LogP contribution in [0, 0.1) is 17.5 Å². The zero-order valence-corrected chi connectivity index (χ0v) is 40.3. The molecule has 69 heavy (non-hydrogen) atoms. The molecular formula is C49H64F3N9O7S. The zero-order chi connectivity index (χ0) is 49.1. The molecule has 16 nitrogen and oxygen atoms in total. The fourth-order valence-electron chi connectivity index (χ4n) is 9.07. The molecule has 3 atom stereocenters. The molecule has 0 radical (unpaired) electrons. The Labute approximate surface area is 405 Å². The predicted molar refractivity (Wildman–Crippen MR) is 257 cm³/mol. The maximum absolute atomic E-state index is 14.8. The Bertz CT molecular complexity index is 2390. The lowest BCUT2D eigenvalue weighted by Gasteiger charge is -2.44. The number of morpholine rings is 1. The van der Waals surface area contributed by atoms with Gasteiger partial charge in [-0.15, -0.1) is 11.3 Å². The number of halogens is 3. The maximum Gasteiger partial charge on any atom is 0.257 e. The van der Waals surface area contributed by atoms with E-state index in [9.17, 15) is 32.7 Å². The average molecular weight is 980 g/mol. The number of hydrogen-bond donors (Lipinski definition) is 6. The molecular weight excluding hydrogens is 916 g/mol. The third-order valence-corrected chi connectivity index (χ3v) is 13.6. The summed E-state index contributed by atoms with van der Waals surface area (Å²) >= 11 is 1.23. The van der Waals surface area contributed by atoms with Gasteiger partial charge in [0.2, 0.25) is 17.6 Å². The Morgan fingerprint density at radius 1 is 0.986 bits per heavy atom. The molecule has 0 unspecified atom stereocenters. The third-order valence-electron chi connectivity index (χ3n) is 12.8. The SMILES string of the molecule is C[C@@H]1CN(CC(=O)N2CC(C)(C)c3nc(CO)c(Cc4ccc(F)cc4)cc32)[C@@H](CN2CCOC[C@H]2C(=O)NCCCCCCNC(=O)COc2c(-c3csc(NCCO)n3)ccc(F)c2F)CN1. The number of hydrogen-bond acceptors (Lipinski definition) is 14. The Morgan fingerprint density at radius 2 is 1.75 bits per heavy atom. The van der Waals surface area contributed by atoms with Gasteiger partial charge in [0.05, 0.1) is 55.7 Å². The highest BCUT2D eigenvalue weighted by Gasteiger charge is 2.42. The number of aromatic nitrogens is 2. The standard InChI is InChI=1S/C49H64F3N9O7S/c1-31-23-60(25-43(65)61-30-49(2,3)46-40(61)21-33(38(26-63)57-46)20-32-8-10-34(50)11-9-32)35(22-56-31)24-59-17-19-67-27-41(59)47(66)54-15-7-5-4-6-14-53-42(64)28-68-45-36(12-13-37(51)44(45)52)39-29-69-48(58-39)55-16-18-62/h8-13,21,29,31,35,41,56,62-63H,4-7,14-20,22-28,30H2,1-3H3,(H,53,64)(H,54,66)(H,55,58)/t31-,35-,41+/m1/s1. The molecule has 3 amide bonds. The minimum atomic E-state index is -1.22. The van der Waals surface area contributed by atoms with E-state index in [-0.39, 0.29) is 68.2 Å². The number of aliphatic hydroxyl groups excluding tert-OH is 2. The van der Waals surface area contributed by atoms with Crippen LogP contribution in [0.2, 0.25) is 0 Å². The van der Waals surface area contributed by atoms with Crippen LogP contribution in [0.25, 0.3) is 11.3 Å². The van der Waals surface area contributed by atoms with Gasteiger partial charge >= 0.3 is 0 Å². The molecule has 3 aliphatic rings. The van der Waals surface area contributed by atoms with Crippen LogP contribution in [0.15, 0.2) is 47.8 Å². The maximum atomic E-state index is 14.8. The topological polar surface area (TPSA) is 194 Å². The first-order valence-corrected chi connectivity index (χ1v) is 24.6. The molecule has 0 aliphatic carbocycles. The van der Waals surface area contributed by atoms with Crippen LogP contribution in [0.4, 0.5) is 24.0 Å².